The molecule has 5 rings (SSSR count). The molecule has 0 radical (unpaired) electrons. The summed E-state index contributed by atoms with van der Waals surface area (Å²) < 4.78 is 13.8. The van der Waals surface area contributed by atoms with E-state index in [0.29, 0.717) is 55.4 Å². The van der Waals surface area contributed by atoms with E-state index in [1.165, 1.54) is 15.5 Å². The minimum atomic E-state index is -0.741. The van der Waals surface area contributed by atoms with E-state index in [4.69, 9.17) is 14.5 Å². The van der Waals surface area contributed by atoms with Crippen LogP contribution in [0.15, 0.2) is 60.0 Å². The number of nitrogens with zero attached hydrogens (tertiary/aromatic N) is 6. The Labute approximate surface area is 208 Å². The van der Waals surface area contributed by atoms with E-state index in [9.17, 15) is 9.59 Å². The van der Waals surface area contributed by atoms with Gasteiger partial charge in [-0.25, -0.2) is 19.3 Å². The Morgan fingerprint density at radius 3 is 2.58 bits per heavy atom. The molecule has 1 aliphatic rings. The summed E-state index contributed by atoms with van der Waals surface area (Å²) in [6, 6.07) is 9.60. The number of anilines is 1. The average Bonchev–Trinajstić information content (AvgIpc) is 3.27. The molecule has 0 spiro atoms. The molecule has 36 heavy (non-hydrogen) atoms. The van der Waals surface area contributed by atoms with Crippen LogP contribution in [-0.4, -0.2) is 62.1 Å². The Kier molecular flexibility index (Phi) is 6.27. The third-order valence-corrected chi connectivity index (χ3v) is 5.79. The van der Waals surface area contributed by atoms with Gasteiger partial charge in [-0.05, 0) is 26.3 Å². The summed E-state index contributed by atoms with van der Waals surface area (Å²) >= 11 is 0. The second kappa shape index (κ2) is 9.54. The van der Waals surface area contributed by atoms with Crippen LogP contribution in [0.4, 0.5) is 10.6 Å². The van der Waals surface area contributed by atoms with Crippen molar-refractivity contribution in [2.24, 2.45) is 0 Å². The fourth-order valence-electron chi connectivity index (χ4n) is 4.11. The summed E-state index contributed by atoms with van der Waals surface area (Å²) in [7, 11) is 0. The Morgan fingerprint density at radius 2 is 1.86 bits per heavy atom. The smallest absolute Gasteiger partial charge is 0.419 e. The summed E-state index contributed by atoms with van der Waals surface area (Å²) in [6.45, 7) is 8.31. The molecule has 0 N–H and O–H groups in total. The first kappa shape index (κ1) is 23.7. The lowest BCUT2D eigenvalue weighted by molar-refractivity contribution is 0.0544. The van der Waals surface area contributed by atoms with Crippen LogP contribution in [0.25, 0.3) is 22.3 Å². The molecule has 1 fully saturated rings. The molecular formula is C26H28N6O4. The monoisotopic (exact) mass is 488 g/mol. The number of carbonyl (C=O) groups excluding carboxylic acids is 1. The van der Waals surface area contributed by atoms with E-state index in [2.05, 4.69) is 14.9 Å². The van der Waals surface area contributed by atoms with Crippen LogP contribution in [0.2, 0.25) is 0 Å². The highest BCUT2D eigenvalue weighted by Crippen LogP contribution is 2.28. The maximum atomic E-state index is 13.6. The van der Waals surface area contributed by atoms with Gasteiger partial charge in [0, 0.05) is 24.8 Å². The van der Waals surface area contributed by atoms with E-state index in [1.807, 2.05) is 30.3 Å². The van der Waals surface area contributed by atoms with Crippen molar-refractivity contribution in [1.82, 2.24) is 24.1 Å². The highest BCUT2D eigenvalue weighted by atomic mass is 16.6. The number of rotatable bonds is 4. The molecular weight excluding hydrogens is 460 g/mol. The Bertz CT molecular complexity index is 1450. The normalized spacial score (nSPS) is 14.2. The molecule has 4 heterocycles. The number of carbonyl (C=O) groups is 1. The number of morpholine rings is 1. The Balaban J connectivity index is 1.63. The zero-order valence-electron chi connectivity index (χ0n) is 20.5. The molecule has 10 nitrogen and oxygen atoms in total. The molecule has 1 saturated heterocycles. The van der Waals surface area contributed by atoms with E-state index < -0.39 is 11.7 Å². The second-order valence-electron chi connectivity index (χ2n) is 9.62. The predicted octanol–water partition coefficient (Wildman–Crippen LogP) is 3.32. The lowest BCUT2D eigenvalue weighted by atomic mass is 10.2. The number of ether oxygens (including phenoxy) is 2. The van der Waals surface area contributed by atoms with Crippen LogP contribution in [0.5, 0.6) is 0 Å². The molecule has 3 aromatic heterocycles. The van der Waals surface area contributed by atoms with Crippen molar-refractivity contribution < 1.29 is 14.3 Å². The lowest BCUT2D eigenvalue weighted by Crippen LogP contribution is -2.36. The van der Waals surface area contributed by atoms with Gasteiger partial charge in [0.05, 0.1) is 44.2 Å². The first-order valence-corrected chi connectivity index (χ1v) is 11.8. The lowest BCUT2D eigenvalue weighted by Gasteiger charge is -2.27. The summed E-state index contributed by atoms with van der Waals surface area (Å²) in [6.07, 6.45) is 5.71. The topological polar surface area (TPSA) is 104 Å². The van der Waals surface area contributed by atoms with Gasteiger partial charge in [-0.2, -0.15) is 0 Å². The molecule has 0 aliphatic carbocycles. The highest BCUT2D eigenvalue weighted by Gasteiger charge is 2.25. The molecule has 10 heteroatoms. The average molecular weight is 489 g/mol. The fourth-order valence-corrected chi connectivity index (χ4v) is 4.11. The van der Waals surface area contributed by atoms with Gasteiger partial charge in [-0.15, -0.1) is 0 Å². The summed E-state index contributed by atoms with van der Waals surface area (Å²) in [5.74, 6) is 0.700. The zero-order chi connectivity index (χ0) is 25.3. The van der Waals surface area contributed by atoms with E-state index in [-0.39, 0.29) is 11.1 Å². The molecule has 4 aromatic rings. The molecule has 0 saturated carbocycles. The first-order valence-electron chi connectivity index (χ1n) is 11.8. The van der Waals surface area contributed by atoms with Crippen LogP contribution < -0.4 is 10.5 Å². The van der Waals surface area contributed by atoms with E-state index in [1.54, 1.807) is 39.4 Å². The van der Waals surface area contributed by atoms with Gasteiger partial charge in [0.15, 0.2) is 0 Å². The van der Waals surface area contributed by atoms with Crippen LogP contribution in [0, 0.1) is 0 Å². The van der Waals surface area contributed by atoms with E-state index in [0.717, 1.165) is 5.56 Å². The number of hydrogen-bond donors (Lipinski definition) is 0. The van der Waals surface area contributed by atoms with Gasteiger partial charge in [0.25, 0.3) is 5.56 Å². The van der Waals surface area contributed by atoms with Gasteiger partial charge in [-0.3, -0.25) is 14.3 Å². The minimum absolute atomic E-state index is 0.135. The zero-order valence-corrected chi connectivity index (χ0v) is 20.5. The number of aromatic nitrogens is 5. The predicted molar refractivity (Wildman–Crippen MR) is 135 cm³/mol. The standard InChI is InChI=1S/C26H28N6O4/c1-26(2,3)36-25(34)32-16-19(20-13-27-14-21(29-20)30-9-11-35-12-10-30)22-23(32)24(33)31(17-28-22)15-18-7-5-4-6-8-18/h4-8,13-14,16-17H,9-12,15H2,1-3H3. The maximum Gasteiger partial charge on any atom is 0.419 e. The molecule has 186 valence electrons. The van der Waals surface area contributed by atoms with Crippen LogP contribution in [0.3, 0.4) is 0 Å². The molecule has 1 aromatic carbocycles. The second-order valence-corrected chi connectivity index (χ2v) is 9.62. The SMILES string of the molecule is CC(C)(C)OC(=O)n1cc(-c2cncc(N3CCOCC3)n2)c2ncn(Cc3ccccc3)c(=O)c21. The molecule has 0 amide bonds. The minimum Gasteiger partial charge on any atom is -0.443 e. The summed E-state index contributed by atoms with van der Waals surface area (Å²) in [5.41, 5.74) is 1.40. The molecule has 0 atom stereocenters. The van der Waals surface area contributed by atoms with Gasteiger partial charge in [-0.1, -0.05) is 30.3 Å². The fraction of sp³-hybridized carbons (Fsp3) is 0.346. The van der Waals surface area contributed by atoms with Crippen molar-refractivity contribution in [2.75, 3.05) is 31.2 Å². The van der Waals surface area contributed by atoms with Gasteiger partial charge in [0.1, 0.15) is 22.5 Å². The molecule has 0 unspecified atom stereocenters. The first-order chi connectivity index (χ1) is 17.3. The van der Waals surface area contributed by atoms with E-state index >= 15 is 0 Å². The molecule has 1 aliphatic heterocycles. The largest absolute Gasteiger partial charge is 0.443 e. The van der Waals surface area contributed by atoms with Gasteiger partial charge in [0.2, 0.25) is 0 Å². The third-order valence-electron chi connectivity index (χ3n) is 5.79. The Hall–Kier alpha value is -4.05. The van der Waals surface area contributed by atoms with Gasteiger partial charge >= 0.3 is 6.09 Å². The highest BCUT2D eigenvalue weighted by molar-refractivity contribution is 5.97. The molecule has 0 bridgehead atoms. The quantitative estimate of drug-likeness (QED) is 0.431. The third kappa shape index (κ3) is 4.85. The summed E-state index contributed by atoms with van der Waals surface area (Å²) in [4.78, 5) is 42.6. The van der Waals surface area contributed by atoms with Crippen molar-refractivity contribution >= 4 is 22.9 Å². The number of hydrogen-bond acceptors (Lipinski definition) is 8. The van der Waals surface area contributed by atoms with Crippen molar-refractivity contribution in [3.63, 3.8) is 0 Å². The van der Waals surface area contributed by atoms with Crippen molar-refractivity contribution in [1.29, 1.82) is 0 Å². The number of benzene rings is 1. The van der Waals surface area contributed by atoms with Gasteiger partial charge < -0.3 is 14.4 Å². The number of fused-ring (bicyclic) bond motifs is 1. The van der Waals surface area contributed by atoms with Crippen LogP contribution >= 0.6 is 0 Å². The van der Waals surface area contributed by atoms with Crippen molar-refractivity contribution in [2.45, 2.75) is 32.9 Å². The van der Waals surface area contributed by atoms with Crippen LogP contribution in [0.1, 0.15) is 26.3 Å². The maximum absolute atomic E-state index is 13.6. The van der Waals surface area contributed by atoms with Crippen molar-refractivity contribution in [3.8, 4) is 11.3 Å². The van der Waals surface area contributed by atoms with Crippen LogP contribution in [-0.2, 0) is 16.0 Å². The Morgan fingerprint density at radius 1 is 1.11 bits per heavy atom. The van der Waals surface area contributed by atoms with Crippen molar-refractivity contribution in [3.05, 3.63) is 71.2 Å². The summed E-state index contributed by atoms with van der Waals surface area (Å²) in [5, 5.41) is 0.